The van der Waals surface area contributed by atoms with Gasteiger partial charge in [-0.3, -0.25) is 4.79 Å². The number of carbonyl (C=O) groups is 1. The second kappa shape index (κ2) is 3.99. The number of carbonyl (C=O) groups excluding carboxylic acids is 1. The Bertz CT molecular complexity index is 338. The Balaban J connectivity index is 3.15. The third-order valence-electron chi connectivity index (χ3n) is 1.94. The molecule has 1 aromatic carbocycles. The van der Waals surface area contributed by atoms with Gasteiger partial charge in [0, 0.05) is 11.8 Å². The Hall–Kier alpha value is -0.730. The van der Waals surface area contributed by atoms with Crippen molar-refractivity contribution in [3.8, 4) is 0 Å². The van der Waals surface area contributed by atoms with Crippen molar-refractivity contribution in [2.45, 2.75) is 13.8 Å². The van der Waals surface area contributed by atoms with E-state index in [1.165, 1.54) is 0 Å². The molecule has 0 heterocycles. The van der Waals surface area contributed by atoms with E-state index in [1.807, 2.05) is 26.0 Å². The van der Waals surface area contributed by atoms with E-state index in [9.17, 15) is 4.79 Å². The molecule has 0 aromatic heterocycles. The van der Waals surface area contributed by atoms with E-state index < -0.39 is 5.37 Å². The summed E-state index contributed by atoms with van der Waals surface area (Å²) in [5, 5.41) is -0.699. The second-order valence-electron chi connectivity index (χ2n) is 2.75. The smallest absolute Gasteiger partial charge is 0.254 e. The predicted octanol–water partition coefficient (Wildman–Crippen LogP) is 3.62. The van der Waals surface area contributed by atoms with Crippen LogP contribution in [0.5, 0.6) is 0 Å². The zero-order valence-corrected chi connectivity index (χ0v) is 8.86. The van der Waals surface area contributed by atoms with Crippen LogP contribution in [-0.2, 0) is 0 Å². The quantitative estimate of drug-likeness (QED) is 0.400. The van der Waals surface area contributed by atoms with E-state index in [-0.39, 0.29) is 0 Å². The zero-order chi connectivity index (χ0) is 10.0. The lowest BCUT2D eigenvalue weighted by atomic mass is 10.1. The Kier molecular flexibility index (Phi) is 3.17. The number of benzene rings is 1. The molecule has 1 rings (SSSR count). The van der Waals surface area contributed by atoms with Gasteiger partial charge in [-0.2, -0.15) is 0 Å². The van der Waals surface area contributed by atoms with Gasteiger partial charge in [-0.1, -0.05) is 12.1 Å². The van der Waals surface area contributed by atoms with Gasteiger partial charge in [0.1, 0.15) is 0 Å². The first-order valence-electron chi connectivity index (χ1n) is 3.75. The maximum atomic E-state index is 10.8. The van der Waals surface area contributed by atoms with Crippen molar-refractivity contribution in [1.82, 2.24) is 0 Å². The van der Waals surface area contributed by atoms with Gasteiger partial charge in [0.05, 0.1) is 5.69 Å². The molecular weight excluding hydrogens is 209 g/mol. The number of anilines is 1. The zero-order valence-electron chi connectivity index (χ0n) is 7.34. The molecule has 0 saturated carbocycles. The lowest BCUT2D eigenvalue weighted by Crippen LogP contribution is -2.14. The number of halogens is 2. The van der Waals surface area contributed by atoms with Gasteiger partial charge in [-0.25, -0.2) is 4.42 Å². The highest BCUT2D eigenvalue weighted by Crippen LogP contribution is 2.25. The van der Waals surface area contributed by atoms with Crippen LogP contribution >= 0.6 is 23.4 Å². The van der Waals surface area contributed by atoms with Crippen LogP contribution in [0.1, 0.15) is 11.1 Å². The summed E-state index contributed by atoms with van der Waals surface area (Å²) in [4.78, 5) is 10.8. The van der Waals surface area contributed by atoms with Crippen LogP contribution in [0.15, 0.2) is 18.2 Å². The normalized spacial score (nSPS) is 9.85. The van der Waals surface area contributed by atoms with Crippen molar-refractivity contribution in [1.29, 1.82) is 0 Å². The van der Waals surface area contributed by atoms with Gasteiger partial charge in [0.2, 0.25) is 0 Å². The molecule has 0 atom stereocenters. The minimum atomic E-state index is -0.699. The first-order chi connectivity index (χ1) is 6.04. The Morgan fingerprint density at radius 3 is 2.54 bits per heavy atom. The van der Waals surface area contributed by atoms with Gasteiger partial charge >= 0.3 is 5.37 Å². The summed E-state index contributed by atoms with van der Waals surface area (Å²) < 4.78 is 0.907. The first kappa shape index (κ1) is 10.4. The van der Waals surface area contributed by atoms with Crippen molar-refractivity contribution in [3.63, 3.8) is 0 Å². The summed E-state index contributed by atoms with van der Waals surface area (Å²) in [6, 6.07) is 5.52. The Morgan fingerprint density at radius 1 is 1.38 bits per heavy atom. The molecule has 0 aliphatic rings. The monoisotopic (exact) mass is 217 g/mol. The molecular formula is C9H9Cl2NO. The van der Waals surface area contributed by atoms with Gasteiger partial charge in [0.25, 0.3) is 0 Å². The SMILES string of the molecule is Cc1cccc(N(Cl)C(=O)Cl)c1C. The number of rotatable bonds is 1. The fraction of sp³-hybridized carbons (Fsp3) is 0.222. The maximum Gasteiger partial charge on any atom is 0.335 e. The lowest BCUT2D eigenvalue weighted by Gasteiger charge is -2.13. The van der Waals surface area contributed by atoms with Crippen LogP contribution in [0.25, 0.3) is 0 Å². The summed E-state index contributed by atoms with van der Waals surface area (Å²) in [5.74, 6) is 0. The number of hydrogen-bond donors (Lipinski definition) is 0. The van der Waals surface area contributed by atoms with Gasteiger partial charge in [-0.05, 0) is 42.6 Å². The third-order valence-corrected chi connectivity index (χ3v) is 2.53. The molecule has 4 heteroatoms. The summed E-state index contributed by atoms with van der Waals surface area (Å²) in [6.45, 7) is 3.84. The van der Waals surface area contributed by atoms with Gasteiger partial charge in [0.15, 0.2) is 0 Å². The predicted molar refractivity (Wildman–Crippen MR) is 55.5 cm³/mol. The average Bonchev–Trinajstić information content (AvgIpc) is 2.08. The van der Waals surface area contributed by atoms with Gasteiger partial charge in [-0.15, -0.1) is 0 Å². The largest absolute Gasteiger partial charge is 0.335 e. The van der Waals surface area contributed by atoms with Crippen molar-refractivity contribution < 1.29 is 4.79 Å². The molecule has 0 radical (unpaired) electrons. The van der Waals surface area contributed by atoms with Crippen LogP contribution in [0.4, 0.5) is 10.5 Å². The summed E-state index contributed by atoms with van der Waals surface area (Å²) >= 11 is 10.9. The summed E-state index contributed by atoms with van der Waals surface area (Å²) in [7, 11) is 0. The molecule has 0 saturated heterocycles. The standard InChI is InChI=1S/C9H9Cl2NO/c1-6-4-3-5-8(7(6)2)12(11)9(10)13/h3-5H,1-2H3. The number of hydrogen-bond acceptors (Lipinski definition) is 1. The highest BCUT2D eigenvalue weighted by atomic mass is 35.5. The van der Waals surface area contributed by atoms with E-state index in [2.05, 4.69) is 0 Å². The molecule has 1 amide bonds. The molecule has 1 aromatic rings. The van der Waals surface area contributed by atoms with Crippen molar-refractivity contribution in [3.05, 3.63) is 29.3 Å². The topological polar surface area (TPSA) is 20.3 Å². The molecule has 13 heavy (non-hydrogen) atoms. The fourth-order valence-corrected chi connectivity index (χ4v) is 1.32. The Morgan fingerprint density at radius 2 is 2.00 bits per heavy atom. The molecule has 0 unspecified atom stereocenters. The van der Waals surface area contributed by atoms with E-state index >= 15 is 0 Å². The molecule has 0 aliphatic carbocycles. The molecule has 0 N–H and O–H groups in total. The maximum absolute atomic E-state index is 10.8. The van der Waals surface area contributed by atoms with Crippen LogP contribution in [0.3, 0.4) is 0 Å². The molecule has 0 fully saturated rings. The first-order valence-corrected chi connectivity index (χ1v) is 4.47. The van der Waals surface area contributed by atoms with Crippen LogP contribution in [0, 0.1) is 13.8 Å². The highest BCUT2D eigenvalue weighted by Gasteiger charge is 2.13. The minimum absolute atomic E-state index is 0.627. The van der Waals surface area contributed by atoms with Crippen LogP contribution in [0.2, 0.25) is 0 Å². The number of aryl methyl sites for hydroxylation is 1. The molecule has 0 aliphatic heterocycles. The van der Waals surface area contributed by atoms with Crippen LogP contribution in [-0.4, -0.2) is 5.37 Å². The lowest BCUT2D eigenvalue weighted by molar-refractivity contribution is 0.267. The van der Waals surface area contributed by atoms with Crippen molar-refractivity contribution in [2.75, 3.05) is 4.42 Å². The Labute approximate surface area is 87.2 Å². The molecule has 0 bridgehead atoms. The number of nitrogens with zero attached hydrogens (tertiary/aromatic N) is 1. The highest BCUT2D eigenvalue weighted by molar-refractivity contribution is 6.71. The summed E-state index contributed by atoms with van der Waals surface area (Å²) in [6.07, 6.45) is 0. The minimum Gasteiger partial charge on any atom is -0.254 e. The van der Waals surface area contributed by atoms with Crippen LogP contribution < -0.4 is 4.42 Å². The molecule has 70 valence electrons. The van der Waals surface area contributed by atoms with E-state index in [0.717, 1.165) is 15.5 Å². The van der Waals surface area contributed by atoms with Crippen molar-refractivity contribution >= 4 is 34.4 Å². The fourth-order valence-electron chi connectivity index (χ4n) is 1.04. The molecule has 2 nitrogen and oxygen atoms in total. The van der Waals surface area contributed by atoms with E-state index in [1.54, 1.807) is 6.07 Å². The van der Waals surface area contributed by atoms with E-state index in [0.29, 0.717) is 5.69 Å². The summed E-state index contributed by atoms with van der Waals surface area (Å²) in [5.41, 5.74) is 2.65. The second-order valence-corrected chi connectivity index (χ2v) is 3.41. The van der Waals surface area contributed by atoms with Gasteiger partial charge < -0.3 is 0 Å². The third kappa shape index (κ3) is 2.14. The van der Waals surface area contributed by atoms with Crippen molar-refractivity contribution in [2.24, 2.45) is 0 Å². The average molecular weight is 218 g/mol. The number of amides is 1. The molecule has 0 spiro atoms. The van der Waals surface area contributed by atoms with E-state index in [4.69, 9.17) is 23.4 Å².